The molecule has 4 rings (SSSR count). The summed E-state index contributed by atoms with van der Waals surface area (Å²) in [5, 5.41) is 3.08. The normalized spacial score (nSPS) is 15.3. The van der Waals surface area contributed by atoms with Gasteiger partial charge in [0.05, 0.1) is 11.0 Å². The number of fused-ring (bicyclic) bond motifs is 1. The van der Waals surface area contributed by atoms with Gasteiger partial charge in [-0.3, -0.25) is 4.79 Å². The zero-order valence-corrected chi connectivity index (χ0v) is 18.3. The highest BCUT2D eigenvalue weighted by Crippen LogP contribution is 2.18. The molecule has 1 saturated heterocycles. The van der Waals surface area contributed by atoms with Crippen molar-refractivity contribution in [2.45, 2.75) is 39.3 Å². The summed E-state index contributed by atoms with van der Waals surface area (Å²) in [5.41, 5.74) is 1.83. The third-order valence-corrected chi connectivity index (χ3v) is 6.00. The molecule has 1 aliphatic rings. The van der Waals surface area contributed by atoms with E-state index in [1.807, 2.05) is 59.2 Å². The van der Waals surface area contributed by atoms with Crippen LogP contribution in [0.3, 0.4) is 0 Å². The monoisotopic (exact) mass is 420 g/mol. The van der Waals surface area contributed by atoms with Crippen LogP contribution in [0.15, 0.2) is 54.6 Å². The van der Waals surface area contributed by atoms with E-state index < -0.39 is 0 Å². The number of para-hydroxylation sites is 3. The van der Waals surface area contributed by atoms with E-state index in [0.29, 0.717) is 13.2 Å². The summed E-state index contributed by atoms with van der Waals surface area (Å²) >= 11 is 0. The molecule has 6 heteroatoms. The van der Waals surface area contributed by atoms with Crippen molar-refractivity contribution in [3.63, 3.8) is 0 Å². The number of hydrogen-bond acceptors (Lipinski definition) is 4. The first-order valence-corrected chi connectivity index (χ1v) is 11.3. The van der Waals surface area contributed by atoms with Gasteiger partial charge in [-0.05, 0) is 69.1 Å². The van der Waals surface area contributed by atoms with Gasteiger partial charge in [0, 0.05) is 6.54 Å². The quantitative estimate of drug-likeness (QED) is 0.534. The van der Waals surface area contributed by atoms with Crippen LogP contribution in [0, 0.1) is 5.92 Å². The van der Waals surface area contributed by atoms with Crippen molar-refractivity contribution in [1.29, 1.82) is 0 Å². The molecule has 1 aromatic heterocycles. The number of hydrogen-bond donors (Lipinski definition) is 1. The molecule has 1 amide bonds. The van der Waals surface area contributed by atoms with Crippen LogP contribution >= 0.6 is 0 Å². The largest absolute Gasteiger partial charge is 0.486 e. The molecule has 1 fully saturated rings. The Bertz CT molecular complexity index is 978. The fourth-order valence-electron chi connectivity index (χ4n) is 4.09. The molecule has 2 heterocycles. The predicted molar refractivity (Wildman–Crippen MR) is 123 cm³/mol. The van der Waals surface area contributed by atoms with E-state index in [-0.39, 0.29) is 12.5 Å². The van der Waals surface area contributed by atoms with Crippen molar-refractivity contribution in [3.05, 3.63) is 60.4 Å². The lowest BCUT2D eigenvalue weighted by Crippen LogP contribution is -2.36. The van der Waals surface area contributed by atoms with Gasteiger partial charge in [0.1, 0.15) is 24.7 Å². The van der Waals surface area contributed by atoms with E-state index in [1.54, 1.807) is 0 Å². The second-order valence-corrected chi connectivity index (χ2v) is 8.43. The third-order valence-electron chi connectivity index (χ3n) is 6.00. The number of carbonyl (C=O) groups excluding carboxylic acids is 1. The smallest absolute Gasteiger partial charge is 0.240 e. The van der Waals surface area contributed by atoms with Gasteiger partial charge in [-0.15, -0.1) is 0 Å². The summed E-state index contributed by atoms with van der Waals surface area (Å²) in [5.74, 6) is 2.40. The molecule has 6 nitrogen and oxygen atoms in total. The highest BCUT2D eigenvalue weighted by molar-refractivity contribution is 5.81. The third kappa shape index (κ3) is 5.85. The van der Waals surface area contributed by atoms with Crippen LogP contribution < -0.4 is 10.1 Å². The number of rotatable bonds is 9. The Hall–Kier alpha value is -2.86. The van der Waals surface area contributed by atoms with Gasteiger partial charge >= 0.3 is 0 Å². The van der Waals surface area contributed by atoms with Crippen molar-refractivity contribution in [3.8, 4) is 5.75 Å². The van der Waals surface area contributed by atoms with Gasteiger partial charge in [-0.25, -0.2) is 4.98 Å². The fourth-order valence-corrected chi connectivity index (χ4v) is 4.09. The molecule has 2 aromatic carbocycles. The van der Waals surface area contributed by atoms with Crippen LogP contribution in [0.2, 0.25) is 0 Å². The van der Waals surface area contributed by atoms with Crippen LogP contribution in [0.5, 0.6) is 5.75 Å². The van der Waals surface area contributed by atoms with Crippen molar-refractivity contribution < 1.29 is 9.53 Å². The number of amides is 1. The molecule has 0 saturated carbocycles. The van der Waals surface area contributed by atoms with Gasteiger partial charge in [-0.2, -0.15) is 0 Å². The van der Waals surface area contributed by atoms with Gasteiger partial charge < -0.3 is 19.5 Å². The summed E-state index contributed by atoms with van der Waals surface area (Å²) in [6, 6.07) is 17.6. The molecule has 31 heavy (non-hydrogen) atoms. The minimum atomic E-state index is 0.0105. The number of piperidine rings is 1. The molecule has 0 atom stereocenters. The molecular weight excluding hydrogens is 388 g/mol. The first-order chi connectivity index (χ1) is 15.2. The maximum atomic E-state index is 12.7. The fraction of sp³-hybridized carbons (Fsp3) is 0.440. The molecule has 1 N–H and O–H groups in total. The highest BCUT2D eigenvalue weighted by Gasteiger charge is 2.16. The Morgan fingerprint density at radius 3 is 2.65 bits per heavy atom. The zero-order chi connectivity index (χ0) is 21.5. The minimum absolute atomic E-state index is 0.0105. The Kier molecular flexibility index (Phi) is 7.20. The second-order valence-electron chi connectivity index (χ2n) is 8.43. The number of aromatic nitrogens is 2. The van der Waals surface area contributed by atoms with E-state index in [4.69, 9.17) is 9.72 Å². The molecule has 1 aliphatic heterocycles. The maximum absolute atomic E-state index is 12.7. The first-order valence-electron chi connectivity index (χ1n) is 11.3. The number of nitrogens with zero attached hydrogens (tertiary/aromatic N) is 3. The average molecular weight is 421 g/mol. The molecule has 0 bridgehead atoms. The van der Waals surface area contributed by atoms with E-state index >= 15 is 0 Å². The maximum Gasteiger partial charge on any atom is 0.240 e. The molecule has 164 valence electrons. The Labute approximate surface area is 184 Å². The Balaban J connectivity index is 1.32. The van der Waals surface area contributed by atoms with Gasteiger partial charge in [0.15, 0.2) is 0 Å². The lowest BCUT2D eigenvalue weighted by molar-refractivity contribution is -0.121. The Morgan fingerprint density at radius 1 is 1.10 bits per heavy atom. The number of likely N-dealkylation sites (tertiary alicyclic amines) is 1. The highest BCUT2D eigenvalue weighted by atomic mass is 16.5. The summed E-state index contributed by atoms with van der Waals surface area (Å²) in [4.78, 5) is 19.9. The van der Waals surface area contributed by atoms with Crippen LogP contribution in [-0.2, 0) is 17.9 Å². The molecule has 0 aliphatic carbocycles. The summed E-state index contributed by atoms with van der Waals surface area (Å²) in [6.07, 6.45) is 3.55. The van der Waals surface area contributed by atoms with Gasteiger partial charge in [0.25, 0.3) is 0 Å². The average Bonchev–Trinajstić information content (AvgIpc) is 3.14. The molecule has 0 radical (unpaired) electrons. The number of ether oxygens (including phenoxy) is 1. The van der Waals surface area contributed by atoms with Crippen LogP contribution in [0.1, 0.15) is 32.0 Å². The number of imidazole rings is 1. The van der Waals surface area contributed by atoms with Crippen molar-refractivity contribution >= 4 is 16.9 Å². The topological polar surface area (TPSA) is 59.4 Å². The predicted octanol–water partition coefficient (Wildman–Crippen LogP) is 3.85. The SMILES string of the molecule is CC1CCN(CCCNC(=O)Cn2c(COc3ccccc3)nc3ccccc32)CC1. The van der Waals surface area contributed by atoms with Crippen LogP contribution in [0.25, 0.3) is 11.0 Å². The summed E-state index contributed by atoms with van der Waals surface area (Å²) in [7, 11) is 0. The van der Waals surface area contributed by atoms with Gasteiger partial charge in [-0.1, -0.05) is 37.3 Å². The first kappa shape index (κ1) is 21.4. The van der Waals surface area contributed by atoms with Crippen molar-refractivity contribution in [2.75, 3.05) is 26.2 Å². The molecule has 0 unspecified atom stereocenters. The van der Waals surface area contributed by atoms with Crippen molar-refractivity contribution in [1.82, 2.24) is 19.8 Å². The standard InChI is InChI=1S/C25H32N4O2/c1-20-12-16-28(17-13-20)15-7-14-26-25(30)18-29-23-11-6-5-10-22(23)27-24(29)19-31-21-8-3-2-4-9-21/h2-6,8-11,20H,7,12-19H2,1H3,(H,26,30). The van der Waals surface area contributed by atoms with Crippen LogP contribution in [-0.4, -0.2) is 46.5 Å². The van der Waals surface area contributed by atoms with E-state index in [1.165, 1.54) is 25.9 Å². The molecular formula is C25H32N4O2. The Morgan fingerprint density at radius 2 is 1.84 bits per heavy atom. The second kappa shape index (κ2) is 10.4. The zero-order valence-electron chi connectivity index (χ0n) is 18.3. The van der Waals surface area contributed by atoms with Crippen molar-refractivity contribution in [2.24, 2.45) is 5.92 Å². The van der Waals surface area contributed by atoms with E-state index in [0.717, 1.165) is 41.5 Å². The molecule has 3 aromatic rings. The number of nitrogens with one attached hydrogen (secondary N) is 1. The van der Waals surface area contributed by atoms with Crippen LogP contribution in [0.4, 0.5) is 0 Å². The number of benzene rings is 2. The minimum Gasteiger partial charge on any atom is -0.486 e. The number of carbonyl (C=O) groups is 1. The van der Waals surface area contributed by atoms with Gasteiger partial charge in [0.2, 0.25) is 5.91 Å². The summed E-state index contributed by atoms with van der Waals surface area (Å²) < 4.78 is 7.85. The summed E-state index contributed by atoms with van der Waals surface area (Å²) in [6.45, 7) is 7.01. The molecule has 0 spiro atoms. The van der Waals surface area contributed by atoms with E-state index in [2.05, 4.69) is 17.1 Å². The lowest BCUT2D eigenvalue weighted by Gasteiger charge is -2.30. The van der Waals surface area contributed by atoms with E-state index in [9.17, 15) is 4.79 Å². The lowest BCUT2D eigenvalue weighted by atomic mass is 9.99.